The van der Waals surface area contributed by atoms with Gasteiger partial charge in [0.15, 0.2) is 5.76 Å². The van der Waals surface area contributed by atoms with E-state index in [9.17, 15) is 9.59 Å². The lowest BCUT2D eigenvalue weighted by molar-refractivity contribution is -0.135. The second kappa shape index (κ2) is 7.24. The van der Waals surface area contributed by atoms with Gasteiger partial charge in [0, 0.05) is 11.5 Å². The normalized spacial score (nSPS) is 17.2. The second-order valence-corrected chi connectivity index (χ2v) is 7.66. The van der Waals surface area contributed by atoms with Crippen LogP contribution in [0.15, 0.2) is 59.9 Å². The molecule has 0 aliphatic carbocycles. The van der Waals surface area contributed by atoms with Gasteiger partial charge < -0.3 is 14.2 Å². The van der Waals surface area contributed by atoms with Gasteiger partial charge in [-0.1, -0.05) is 18.7 Å². The van der Waals surface area contributed by atoms with Gasteiger partial charge in [-0.2, -0.15) is 0 Å². The van der Waals surface area contributed by atoms with Crippen LogP contribution in [0.2, 0.25) is 0 Å². The van der Waals surface area contributed by atoms with Crippen molar-refractivity contribution >= 4 is 11.8 Å². The molecule has 2 heterocycles. The molecule has 0 saturated heterocycles. The summed E-state index contributed by atoms with van der Waals surface area (Å²) in [6.45, 7) is 9.87. The van der Waals surface area contributed by atoms with E-state index in [1.807, 2.05) is 45.0 Å². The first-order valence-electron chi connectivity index (χ1n) is 9.50. The van der Waals surface area contributed by atoms with E-state index in [4.69, 9.17) is 14.2 Å². The fourth-order valence-corrected chi connectivity index (χ4v) is 3.61. The van der Waals surface area contributed by atoms with E-state index in [1.165, 1.54) is 0 Å². The Morgan fingerprint density at radius 1 is 1.07 bits per heavy atom. The average molecular weight is 390 g/mol. The number of esters is 1. The maximum absolute atomic E-state index is 12.7. The first kappa shape index (κ1) is 19.0. The van der Waals surface area contributed by atoms with Crippen LogP contribution in [0.25, 0.3) is 0 Å². The molecule has 0 unspecified atom stereocenters. The number of allylic oxidation sites excluding steroid dienone is 2. The monoisotopic (exact) mass is 390 g/mol. The van der Waals surface area contributed by atoms with Crippen LogP contribution in [0.1, 0.15) is 54.6 Å². The first-order chi connectivity index (χ1) is 13.8. The van der Waals surface area contributed by atoms with E-state index in [2.05, 4.69) is 6.58 Å². The number of Topliss-reactive ketones (excluding diaryl/α,β-unsaturated/α-hetero) is 1. The van der Waals surface area contributed by atoms with Crippen molar-refractivity contribution in [3.63, 3.8) is 0 Å². The molecule has 4 rings (SSSR count). The molecule has 0 spiro atoms. The lowest BCUT2D eigenvalue weighted by atomic mass is 9.84. The summed E-state index contributed by atoms with van der Waals surface area (Å²) in [5, 5.41) is 0. The fraction of sp³-hybridized carbons (Fsp3) is 0.250. The van der Waals surface area contributed by atoms with Crippen LogP contribution >= 0.6 is 0 Å². The Kier molecular flexibility index (Phi) is 4.74. The summed E-state index contributed by atoms with van der Waals surface area (Å²) in [4.78, 5) is 24.9. The molecule has 1 atom stereocenters. The average Bonchev–Trinajstić information content (AvgIpc) is 3.03. The van der Waals surface area contributed by atoms with Crippen LogP contribution in [0, 0.1) is 0 Å². The summed E-state index contributed by atoms with van der Waals surface area (Å²) >= 11 is 0. The molecule has 2 aromatic carbocycles. The number of carbonyl (C=O) groups excluding carboxylic acids is 2. The van der Waals surface area contributed by atoms with Crippen molar-refractivity contribution in [3.8, 4) is 17.2 Å². The molecular formula is C24H22O5. The SMILES string of the molecule is C=C(C)COc1ccc([C@H]2CC(=O)Oc3ccc4c(c32)OC(=C(C)C)C4=O)cc1. The van der Waals surface area contributed by atoms with Crippen molar-refractivity contribution in [2.75, 3.05) is 6.61 Å². The highest BCUT2D eigenvalue weighted by Gasteiger charge is 2.38. The number of fused-ring (bicyclic) bond motifs is 3. The zero-order chi connectivity index (χ0) is 20.7. The zero-order valence-electron chi connectivity index (χ0n) is 16.7. The minimum Gasteiger partial charge on any atom is -0.489 e. The summed E-state index contributed by atoms with van der Waals surface area (Å²) in [5.41, 5.74) is 3.92. The molecule has 148 valence electrons. The van der Waals surface area contributed by atoms with Crippen molar-refractivity contribution in [1.82, 2.24) is 0 Å². The second-order valence-electron chi connectivity index (χ2n) is 7.66. The van der Waals surface area contributed by atoms with Crippen molar-refractivity contribution in [2.45, 2.75) is 33.1 Å². The third kappa shape index (κ3) is 3.44. The molecule has 0 aromatic heterocycles. The van der Waals surface area contributed by atoms with Gasteiger partial charge in [0.25, 0.3) is 0 Å². The largest absolute Gasteiger partial charge is 0.489 e. The van der Waals surface area contributed by atoms with Crippen molar-refractivity contribution in [1.29, 1.82) is 0 Å². The summed E-state index contributed by atoms with van der Waals surface area (Å²) in [7, 11) is 0. The number of carbonyl (C=O) groups is 2. The third-order valence-corrected chi connectivity index (χ3v) is 4.98. The molecular weight excluding hydrogens is 368 g/mol. The Labute approximate surface area is 169 Å². The van der Waals surface area contributed by atoms with Crippen molar-refractivity contribution < 1.29 is 23.8 Å². The minimum atomic E-state index is -0.309. The van der Waals surface area contributed by atoms with E-state index in [0.29, 0.717) is 29.4 Å². The van der Waals surface area contributed by atoms with E-state index in [1.54, 1.807) is 12.1 Å². The summed E-state index contributed by atoms with van der Waals surface area (Å²) in [6.07, 6.45) is 0.178. The summed E-state index contributed by atoms with van der Waals surface area (Å²) < 4.78 is 17.1. The quantitative estimate of drug-likeness (QED) is 0.320. The van der Waals surface area contributed by atoms with Crippen LogP contribution in [0.4, 0.5) is 0 Å². The first-order valence-corrected chi connectivity index (χ1v) is 9.50. The lowest BCUT2D eigenvalue weighted by Crippen LogP contribution is -2.21. The number of hydrogen-bond acceptors (Lipinski definition) is 5. The van der Waals surface area contributed by atoms with Crippen LogP contribution in [-0.4, -0.2) is 18.4 Å². The molecule has 5 heteroatoms. The number of ether oxygens (including phenoxy) is 3. The minimum absolute atomic E-state index is 0.137. The highest BCUT2D eigenvalue weighted by Crippen LogP contribution is 2.49. The molecule has 2 aliphatic heterocycles. The third-order valence-electron chi connectivity index (χ3n) is 4.98. The molecule has 2 aliphatic rings. The van der Waals surface area contributed by atoms with Crippen LogP contribution in [0.5, 0.6) is 17.2 Å². The van der Waals surface area contributed by atoms with Gasteiger partial charge in [-0.25, -0.2) is 0 Å². The predicted octanol–water partition coefficient (Wildman–Crippen LogP) is 4.95. The van der Waals surface area contributed by atoms with Gasteiger partial charge >= 0.3 is 5.97 Å². The van der Waals surface area contributed by atoms with Gasteiger partial charge in [-0.3, -0.25) is 9.59 Å². The zero-order valence-corrected chi connectivity index (χ0v) is 16.7. The molecule has 5 nitrogen and oxygen atoms in total. The standard InChI is InChI=1S/C24H22O5/c1-13(2)12-27-16-7-5-15(6-8-16)18-11-20(25)28-19-10-9-17-22(26)23(14(3)4)29-24(17)21(18)19/h5-10,18H,1,11-12H2,2-4H3/t18-/m1/s1. The molecule has 0 saturated carbocycles. The fourth-order valence-electron chi connectivity index (χ4n) is 3.61. The Morgan fingerprint density at radius 3 is 2.45 bits per heavy atom. The summed E-state index contributed by atoms with van der Waals surface area (Å²) in [5.74, 6) is 1.29. The van der Waals surface area contributed by atoms with Gasteiger partial charge in [0.1, 0.15) is 23.9 Å². The molecule has 2 aromatic rings. The topological polar surface area (TPSA) is 61.8 Å². The van der Waals surface area contributed by atoms with E-state index in [0.717, 1.165) is 28.0 Å². The van der Waals surface area contributed by atoms with Gasteiger partial charge in [-0.15, -0.1) is 0 Å². The number of rotatable bonds is 4. The van der Waals surface area contributed by atoms with Crippen molar-refractivity contribution in [3.05, 3.63) is 76.6 Å². The molecule has 0 amide bonds. The Balaban J connectivity index is 1.75. The Morgan fingerprint density at radius 2 is 1.79 bits per heavy atom. The Bertz CT molecular complexity index is 1060. The molecule has 29 heavy (non-hydrogen) atoms. The lowest BCUT2D eigenvalue weighted by Gasteiger charge is -2.26. The van der Waals surface area contributed by atoms with Gasteiger partial charge in [0.2, 0.25) is 5.78 Å². The number of hydrogen-bond donors (Lipinski definition) is 0. The molecule has 0 radical (unpaired) electrons. The van der Waals surface area contributed by atoms with Crippen LogP contribution in [0.3, 0.4) is 0 Å². The van der Waals surface area contributed by atoms with Crippen LogP contribution < -0.4 is 14.2 Å². The predicted molar refractivity (Wildman–Crippen MR) is 109 cm³/mol. The van der Waals surface area contributed by atoms with Crippen LogP contribution in [-0.2, 0) is 4.79 Å². The van der Waals surface area contributed by atoms with E-state index in [-0.39, 0.29) is 24.1 Å². The van der Waals surface area contributed by atoms with Gasteiger partial charge in [0.05, 0.1) is 12.0 Å². The Hall–Kier alpha value is -3.34. The van der Waals surface area contributed by atoms with Crippen molar-refractivity contribution in [2.24, 2.45) is 0 Å². The molecule has 0 fully saturated rings. The van der Waals surface area contributed by atoms with Gasteiger partial charge in [-0.05, 0) is 61.7 Å². The van der Waals surface area contributed by atoms with E-state index >= 15 is 0 Å². The number of ketones is 1. The highest BCUT2D eigenvalue weighted by molar-refractivity contribution is 6.13. The van der Waals surface area contributed by atoms with E-state index < -0.39 is 0 Å². The smallest absolute Gasteiger partial charge is 0.312 e. The molecule has 0 bridgehead atoms. The highest BCUT2D eigenvalue weighted by atomic mass is 16.5. The maximum atomic E-state index is 12.7. The number of benzene rings is 2. The maximum Gasteiger partial charge on any atom is 0.312 e. The molecule has 0 N–H and O–H groups in total. The summed E-state index contributed by atoms with van der Waals surface area (Å²) in [6, 6.07) is 10.9.